The maximum absolute atomic E-state index is 12.2. The molecule has 0 radical (unpaired) electrons. The van der Waals surface area contributed by atoms with Crippen LogP contribution in [0.15, 0.2) is 36.4 Å². The molecule has 110 valence electrons. The maximum atomic E-state index is 12.2. The normalized spacial score (nSPS) is 11.9. The van der Waals surface area contributed by atoms with Crippen LogP contribution < -0.4 is 5.32 Å². The first-order chi connectivity index (χ1) is 9.97. The predicted molar refractivity (Wildman–Crippen MR) is 82.8 cm³/mol. The zero-order valence-corrected chi connectivity index (χ0v) is 12.7. The molecule has 1 aromatic heterocycles. The highest BCUT2D eigenvalue weighted by Crippen LogP contribution is 2.20. The summed E-state index contributed by atoms with van der Waals surface area (Å²) in [6, 6.07) is 10.1. The number of rotatable bonds is 5. The monoisotopic (exact) mass is 303 g/mol. The van der Waals surface area contributed by atoms with Crippen molar-refractivity contribution in [3.8, 4) is 0 Å². The fourth-order valence-electron chi connectivity index (χ4n) is 2.14. The molecule has 0 aliphatic rings. The Hall–Kier alpha value is -2.14. The quantitative estimate of drug-likeness (QED) is 0.892. The van der Waals surface area contributed by atoms with Crippen molar-refractivity contribution in [2.75, 3.05) is 0 Å². The molecule has 1 aromatic carbocycles. The van der Waals surface area contributed by atoms with E-state index in [4.69, 9.17) is 0 Å². The van der Waals surface area contributed by atoms with Gasteiger partial charge in [0, 0.05) is 16.2 Å². The van der Waals surface area contributed by atoms with Crippen LogP contribution in [-0.2, 0) is 11.2 Å². The minimum atomic E-state index is -1.03. The number of carboxylic acid groups (broad SMARTS) is 1. The Morgan fingerprint density at radius 3 is 2.43 bits per heavy atom. The summed E-state index contributed by atoms with van der Waals surface area (Å²) in [5, 5.41) is 11.9. The Kier molecular flexibility index (Phi) is 4.75. The van der Waals surface area contributed by atoms with Crippen LogP contribution in [0, 0.1) is 13.8 Å². The number of carbonyl (C=O) groups is 2. The van der Waals surface area contributed by atoms with Gasteiger partial charge in [-0.2, -0.15) is 0 Å². The van der Waals surface area contributed by atoms with Crippen LogP contribution in [0.5, 0.6) is 0 Å². The first kappa shape index (κ1) is 15.3. The van der Waals surface area contributed by atoms with Gasteiger partial charge in [0.05, 0.1) is 5.56 Å². The zero-order chi connectivity index (χ0) is 15.4. The van der Waals surface area contributed by atoms with Gasteiger partial charge in [-0.25, -0.2) is 4.79 Å². The number of hydrogen-bond acceptors (Lipinski definition) is 3. The number of aryl methyl sites for hydroxylation is 2. The van der Waals surface area contributed by atoms with Crippen molar-refractivity contribution in [1.82, 2.24) is 5.32 Å². The third kappa shape index (κ3) is 3.92. The van der Waals surface area contributed by atoms with Gasteiger partial charge < -0.3 is 10.4 Å². The molecule has 0 saturated heterocycles. The third-order valence-electron chi connectivity index (χ3n) is 3.17. The van der Waals surface area contributed by atoms with Crippen molar-refractivity contribution < 1.29 is 14.7 Å². The lowest BCUT2D eigenvalue weighted by atomic mass is 10.1. The van der Waals surface area contributed by atoms with Crippen LogP contribution in [0.2, 0.25) is 0 Å². The number of benzene rings is 1. The Morgan fingerprint density at radius 2 is 1.90 bits per heavy atom. The molecule has 1 unspecified atom stereocenters. The van der Waals surface area contributed by atoms with E-state index in [0.29, 0.717) is 5.56 Å². The van der Waals surface area contributed by atoms with Gasteiger partial charge in [0.2, 0.25) is 0 Å². The van der Waals surface area contributed by atoms with E-state index in [1.807, 2.05) is 44.2 Å². The minimum absolute atomic E-state index is 0.268. The second-order valence-corrected chi connectivity index (χ2v) is 6.34. The largest absolute Gasteiger partial charge is 0.480 e. The summed E-state index contributed by atoms with van der Waals surface area (Å²) in [7, 11) is 0. The van der Waals surface area contributed by atoms with E-state index in [0.717, 1.165) is 15.3 Å². The molecule has 0 saturated carbocycles. The molecule has 4 nitrogen and oxygen atoms in total. The smallest absolute Gasteiger partial charge is 0.326 e. The van der Waals surface area contributed by atoms with Crippen LogP contribution in [0.25, 0.3) is 0 Å². The second kappa shape index (κ2) is 6.54. The summed E-state index contributed by atoms with van der Waals surface area (Å²) >= 11 is 1.53. The van der Waals surface area contributed by atoms with E-state index < -0.39 is 12.0 Å². The highest BCUT2D eigenvalue weighted by atomic mass is 32.1. The molecule has 0 spiro atoms. The molecule has 21 heavy (non-hydrogen) atoms. The lowest BCUT2D eigenvalue weighted by Crippen LogP contribution is -2.42. The number of aliphatic carboxylic acids is 1. The van der Waals surface area contributed by atoms with Crippen molar-refractivity contribution in [1.29, 1.82) is 0 Å². The second-order valence-electron chi connectivity index (χ2n) is 4.88. The molecule has 1 atom stereocenters. The average molecular weight is 303 g/mol. The standard InChI is InChI=1S/C16H17NO3S/c1-10-8-13(11(2)21-10)15(18)17-14(16(19)20)9-12-6-4-3-5-7-12/h3-8,14H,9H2,1-2H3,(H,17,18)(H,19,20). The first-order valence-electron chi connectivity index (χ1n) is 6.62. The number of carbonyl (C=O) groups excluding carboxylic acids is 1. The molecule has 1 heterocycles. The van der Waals surface area contributed by atoms with Gasteiger partial charge in [0.15, 0.2) is 0 Å². The average Bonchev–Trinajstić information content (AvgIpc) is 2.78. The van der Waals surface area contributed by atoms with Gasteiger partial charge in [-0.15, -0.1) is 11.3 Å². The lowest BCUT2D eigenvalue weighted by Gasteiger charge is -2.14. The molecule has 2 rings (SSSR count). The van der Waals surface area contributed by atoms with Crippen LogP contribution in [-0.4, -0.2) is 23.0 Å². The minimum Gasteiger partial charge on any atom is -0.480 e. The molecule has 0 bridgehead atoms. The Balaban J connectivity index is 2.11. The van der Waals surface area contributed by atoms with Gasteiger partial charge in [0.1, 0.15) is 6.04 Å². The molecular formula is C16H17NO3S. The molecule has 2 N–H and O–H groups in total. The van der Waals surface area contributed by atoms with Crippen molar-refractivity contribution in [2.24, 2.45) is 0 Å². The summed E-state index contributed by atoms with van der Waals surface area (Å²) in [4.78, 5) is 25.5. The highest BCUT2D eigenvalue weighted by Gasteiger charge is 2.22. The molecule has 0 aliphatic heterocycles. The summed E-state index contributed by atoms with van der Waals surface area (Å²) < 4.78 is 0. The first-order valence-corrected chi connectivity index (χ1v) is 7.43. The van der Waals surface area contributed by atoms with Crippen molar-refractivity contribution >= 4 is 23.2 Å². The van der Waals surface area contributed by atoms with E-state index in [-0.39, 0.29) is 12.3 Å². The van der Waals surface area contributed by atoms with Crippen LogP contribution in [0.3, 0.4) is 0 Å². The number of nitrogens with one attached hydrogen (secondary N) is 1. The van der Waals surface area contributed by atoms with Crippen LogP contribution >= 0.6 is 11.3 Å². The number of hydrogen-bond donors (Lipinski definition) is 2. The topological polar surface area (TPSA) is 66.4 Å². The number of carboxylic acids is 1. The van der Waals surface area contributed by atoms with Crippen molar-refractivity contribution in [3.05, 3.63) is 57.3 Å². The summed E-state index contributed by atoms with van der Waals surface area (Å²) in [6.07, 6.45) is 0.268. The summed E-state index contributed by atoms with van der Waals surface area (Å²) in [5.41, 5.74) is 1.43. The fraction of sp³-hybridized carbons (Fsp3) is 0.250. The Morgan fingerprint density at radius 1 is 1.24 bits per heavy atom. The van der Waals surface area contributed by atoms with E-state index in [1.165, 1.54) is 11.3 Å². The predicted octanol–water partition coefficient (Wildman–Crippen LogP) is 2.79. The Bertz CT molecular complexity index is 649. The molecule has 0 aliphatic carbocycles. The van der Waals surface area contributed by atoms with Gasteiger partial charge in [-0.1, -0.05) is 30.3 Å². The molecule has 2 aromatic rings. The summed E-state index contributed by atoms with van der Waals surface area (Å²) in [5.74, 6) is -1.36. The Labute approximate surface area is 127 Å². The van der Waals surface area contributed by atoms with Gasteiger partial charge in [-0.05, 0) is 25.5 Å². The fourth-order valence-corrected chi connectivity index (χ4v) is 3.06. The van der Waals surface area contributed by atoms with Crippen LogP contribution in [0.4, 0.5) is 0 Å². The maximum Gasteiger partial charge on any atom is 0.326 e. The molecule has 5 heteroatoms. The van der Waals surface area contributed by atoms with Crippen LogP contribution in [0.1, 0.15) is 25.7 Å². The van der Waals surface area contributed by atoms with E-state index in [2.05, 4.69) is 5.32 Å². The van der Waals surface area contributed by atoms with Gasteiger partial charge in [0.25, 0.3) is 5.91 Å². The summed E-state index contributed by atoms with van der Waals surface area (Å²) in [6.45, 7) is 3.78. The molecule has 0 fully saturated rings. The highest BCUT2D eigenvalue weighted by molar-refractivity contribution is 7.12. The lowest BCUT2D eigenvalue weighted by molar-refractivity contribution is -0.139. The van der Waals surface area contributed by atoms with E-state index in [1.54, 1.807) is 6.07 Å². The van der Waals surface area contributed by atoms with Gasteiger partial charge in [-0.3, -0.25) is 4.79 Å². The SMILES string of the molecule is Cc1cc(C(=O)NC(Cc2ccccc2)C(=O)O)c(C)s1. The zero-order valence-electron chi connectivity index (χ0n) is 11.9. The van der Waals surface area contributed by atoms with Crippen molar-refractivity contribution in [3.63, 3.8) is 0 Å². The van der Waals surface area contributed by atoms with Crippen molar-refractivity contribution in [2.45, 2.75) is 26.3 Å². The van der Waals surface area contributed by atoms with Gasteiger partial charge >= 0.3 is 5.97 Å². The third-order valence-corrected chi connectivity index (χ3v) is 4.14. The number of thiophene rings is 1. The molecule has 1 amide bonds. The van der Waals surface area contributed by atoms with E-state index >= 15 is 0 Å². The molecular weight excluding hydrogens is 286 g/mol. The number of amides is 1. The van der Waals surface area contributed by atoms with E-state index in [9.17, 15) is 14.7 Å².